The highest BCUT2D eigenvalue weighted by Crippen LogP contribution is 2.52. The maximum Gasteiger partial charge on any atom is 0.427 e. The number of halogens is 7. The van der Waals surface area contributed by atoms with Crippen molar-refractivity contribution in [1.29, 1.82) is 0 Å². The molecule has 2 aliphatic rings. The summed E-state index contributed by atoms with van der Waals surface area (Å²) in [6.45, 7) is -1.87. The number of aromatic nitrogens is 5. The lowest BCUT2D eigenvalue weighted by Gasteiger charge is -2.46. The number of nitrogens with zero attached hydrogens (tertiary/aromatic N) is 6. The Labute approximate surface area is 261 Å². The smallest absolute Gasteiger partial charge is 0.290 e. The molecule has 0 N–H and O–H groups in total. The largest absolute Gasteiger partial charge is 0.427 e. The van der Waals surface area contributed by atoms with Crippen LogP contribution in [0.5, 0.6) is 0 Å². The number of carbonyl (C=O) groups excluding carboxylic acids is 1. The molecule has 0 bridgehead atoms. The average molecular weight is 689 g/mol. The van der Waals surface area contributed by atoms with E-state index in [1.807, 2.05) is 0 Å². The lowest BCUT2D eigenvalue weighted by molar-refractivity contribution is -0.140. The SMILES string of the molecule is Cn1ccc(S(=O)(=O)N(CC(F)(F)F)[C@H]2CCC3=Cc4c(cnn4-c4ccc(F)cc4)C[C@]3(C(=O)c3ncc(C(F)(F)F)s3)C2)n1. The Morgan fingerprint density at radius 3 is 2.43 bits per heavy atom. The van der Waals surface area contributed by atoms with Crippen LogP contribution >= 0.6 is 11.3 Å². The van der Waals surface area contributed by atoms with Crippen LogP contribution in [-0.4, -0.2) is 61.8 Å². The van der Waals surface area contributed by atoms with Crippen molar-refractivity contribution in [1.82, 2.24) is 28.9 Å². The molecule has 0 aliphatic heterocycles. The first-order valence-corrected chi connectivity index (χ1v) is 15.9. The van der Waals surface area contributed by atoms with E-state index in [1.165, 1.54) is 48.4 Å². The molecule has 46 heavy (non-hydrogen) atoms. The van der Waals surface area contributed by atoms with E-state index in [2.05, 4.69) is 15.2 Å². The number of carbonyl (C=O) groups is 1. The van der Waals surface area contributed by atoms with Crippen molar-refractivity contribution in [2.75, 3.05) is 6.54 Å². The minimum Gasteiger partial charge on any atom is -0.290 e. The van der Waals surface area contributed by atoms with Gasteiger partial charge in [-0.25, -0.2) is 22.5 Å². The Bertz CT molecular complexity index is 1940. The van der Waals surface area contributed by atoms with E-state index in [0.29, 0.717) is 28.7 Å². The highest BCUT2D eigenvalue weighted by atomic mass is 32.2. The normalized spacial score (nSPS) is 20.4. The second-order valence-electron chi connectivity index (χ2n) is 11.1. The highest BCUT2D eigenvalue weighted by molar-refractivity contribution is 7.89. The summed E-state index contributed by atoms with van der Waals surface area (Å²) in [6, 6.07) is 5.05. The van der Waals surface area contributed by atoms with Gasteiger partial charge in [0, 0.05) is 19.3 Å². The molecule has 4 aromatic rings. The number of Topliss-reactive ketones (excluding diaryl/α,β-unsaturated/α-hetero) is 1. The predicted octanol–water partition coefficient (Wildman–Crippen LogP) is 5.83. The van der Waals surface area contributed by atoms with Gasteiger partial charge in [-0.3, -0.25) is 9.48 Å². The van der Waals surface area contributed by atoms with Crippen LogP contribution in [0.15, 0.2) is 59.5 Å². The number of thiazole rings is 1. The monoisotopic (exact) mass is 688 g/mol. The third-order valence-electron chi connectivity index (χ3n) is 8.12. The van der Waals surface area contributed by atoms with E-state index in [1.54, 1.807) is 6.08 Å². The van der Waals surface area contributed by atoms with Gasteiger partial charge in [-0.15, -0.1) is 11.3 Å². The van der Waals surface area contributed by atoms with Gasteiger partial charge in [0.2, 0.25) is 5.78 Å². The molecule has 18 heteroatoms. The Kier molecular flexibility index (Phi) is 7.75. The van der Waals surface area contributed by atoms with E-state index < -0.39 is 73.3 Å². The number of fused-ring (bicyclic) bond motifs is 2. The standard InChI is InChI=1S/C28H23F7N6O3S2/c1-39-9-8-23(38-39)46(43,44)40(15-27(30,31)32)20-5-2-17-10-21-16(13-37-41(21)19-6-3-18(29)4-7-19)11-26(17,12-20)24(42)25-36-14-22(45-25)28(33,34)35/h3-4,6-10,13-14,20H,2,5,11-12,15H2,1H3/t20-,26-/m0/s1. The molecule has 1 saturated carbocycles. The van der Waals surface area contributed by atoms with Crippen LogP contribution in [-0.2, 0) is 29.7 Å². The lowest BCUT2D eigenvalue weighted by atomic mass is 9.61. The number of hydrogen-bond donors (Lipinski definition) is 0. The fourth-order valence-electron chi connectivity index (χ4n) is 6.07. The van der Waals surface area contributed by atoms with E-state index in [9.17, 15) is 43.9 Å². The molecule has 1 fully saturated rings. The number of alkyl halides is 6. The Hall–Kier alpha value is -3.90. The van der Waals surface area contributed by atoms with Gasteiger partial charge in [-0.05, 0) is 67.7 Å². The fraction of sp³-hybridized carbons (Fsp3) is 0.357. The molecule has 3 heterocycles. The zero-order valence-electron chi connectivity index (χ0n) is 23.7. The average Bonchev–Trinajstić information content (AvgIpc) is 3.74. The molecule has 0 amide bonds. The molecule has 0 unspecified atom stereocenters. The van der Waals surface area contributed by atoms with Crippen molar-refractivity contribution in [3.8, 4) is 5.69 Å². The summed E-state index contributed by atoms with van der Waals surface area (Å²) in [4.78, 5) is 16.9. The van der Waals surface area contributed by atoms with Crippen LogP contribution in [0.3, 0.4) is 0 Å². The van der Waals surface area contributed by atoms with E-state index >= 15 is 0 Å². The minimum atomic E-state index is -4.97. The van der Waals surface area contributed by atoms with Crippen LogP contribution in [0.25, 0.3) is 11.8 Å². The number of sulfonamides is 1. The van der Waals surface area contributed by atoms with Gasteiger partial charge in [0.05, 0.1) is 29.2 Å². The van der Waals surface area contributed by atoms with E-state index in [0.717, 1.165) is 10.7 Å². The summed E-state index contributed by atoms with van der Waals surface area (Å²) in [5, 5.41) is 7.01. The van der Waals surface area contributed by atoms with E-state index in [-0.39, 0.29) is 34.9 Å². The zero-order chi connectivity index (χ0) is 33.2. The van der Waals surface area contributed by atoms with Gasteiger partial charge < -0.3 is 0 Å². The van der Waals surface area contributed by atoms with Crippen molar-refractivity contribution < 1.29 is 43.9 Å². The van der Waals surface area contributed by atoms with Crippen LogP contribution in [0, 0.1) is 11.2 Å². The number of ketones is 1. The molecule has 1 aromatic carbocycles. The fourth-order valence-corrected chi connectivity index (χ4v) is 8.49. The Morgan fingerprint density at radius 2 is 1.83 bits per heavy atom. The summed E-state index contributed by atoms with van der Waals surface area (Å²) in [5.74, 6) is -1.36. The van der Waals surface area contributed by atoms with Crippen molar-refractivity contribution in [3.05, 3.63) is 81.5 Å². The number of rotatable bonds is 7. The van der Waals surface area contributed by atoms with Crippen molar-refractivity contribution >= 4 is 33.2 Å². The molecule has 2 aliphatic carbocycles. The van der Waals surface area contributed by atoms with Gasteiger partial charge in [0.1, 0.15) is 17.2 Å². The summed E-state index contributed by atoms with van der Waals surface area (Å²) < 4.78 is 126. The van der Waals surface area contributed by atoms with Crippen molar-refractivity contribution in [2.45, 2.75) is 49.1 Å². The molecular weight excluding hydrogens is 665 g/mol. The molecule has 0 spiro atoms. The second kappa shape index (κ2) is 11.1. The van der Waals surface area contributed by atoms with Crippen molar-refractivity contribution in [2.24, 2.45) is 12.5 Å². The number of hydrogen-bond acceptors (Lipinski definition) is 7. The van der Waals surface area contributed by atoms with Gasteiger partial charge in [-0.2, -0.15) is 40.8 Å². The third kappa shape index (κ3) is 5.77. The molecule has 3 aromatic heterocycles. The molecule has 9 nitrogen and oxygen atoms in total. The second-order valence-corrected chi connectivity index (χ2v) is 14.0. The van der Waals surface area contributed by atoms with Gasteiger partial charge in [0.25, 0.3) is 10.0 Å². The van der Waals surface area contributed by atoms with Crippen LogP contribution in [0.4, 0.5) is 30.7 Å². The minimum absolute atomic E-state index is 0.0615. The maximum absolute atomic E-state index is 14.3. The zero-order valence-corrected chi connectivity index (χ0v) is 25.3. The van der Waals surface area contributed by atoms with Gasteiger partial charge in [-0.1, -0.05) is 5.57 Å². The maximum atomic E-state index is 14.3. The quantitative estimate of drug-likeness (QED) is 0.179. The topological polar surface area (TPSA) is 103 Å². The highest BCUT2D eigenvalue weighted by Gasteiger charge is 2.54. The molecule has 2 atom stereocenters. The van der Waals surface area contributed by atoms with E-state index in [4.69, 9.17) is 0 Å². The number of aryl methyl sites for hydroxylation is 1. The summed E-state index contributed by atoms with van der Waals surface area (Å²) >= 11 is 0.108. The first-order valence-electron chi connectivity index (χ1n) is 13.7. The van der Waals surface area contributed by atoms with Gasteiger partial charge in [0.15, 0.2) is 10.0 Å². The first-order chi connectivity index (χ1) is 21.5. The summed E-state index contributed by atoms with van der Waals surface area (Å²) in [7, 11) is -3.44. The number of allylic oxidation sites excluding steroid dienone is 1. The molecular formula is C28H23F7N6O3S2. The lowest BCUT2D eigenvalue weighted by Crippen LogP contribution is -2.52. The van der Waals surface area contributed by atoms with Gasteiger partial charge >= 0.3 is 12.4 Å². The predicted molar refractivity (Wildman–Crippen MR) is 150 cm³/mol. The molecule has 0 saturated heterocycles. The van der Waals surface area contributed by atoms with Crippen molar-refractivity contribution in [3.63, 3.8) is 0 Å². The molecule has 6 rings (SSSR count). The summed E-state index contributed by atoms with van der Waals surface area (Å²) in [6.07, 6.45) is -5.84. The third-order valence-corrected chi connectivity index (χ3v) is 11.0. The van der Waals surface area contributed by atoms with Crippen LogP contribution in [0.2, 0.25) is 0 Å². The Morgan fingerprint density at radius 1 is 1.11 bits per heavy atom. The van der Waals surface area contributed by atoms with Crippen LogP contribution < -0.4 is 0 Å². The Balaban J connectivity index is 1.46. The first kappa shape index (κ1) is 32.1. The molecule has 244 valence electrons. The number of benzene rings is 1. The molecule has 0 radical (unpaired) electrons. The summed E-state index contributed by atoms with van der Waals surface area (Å²) in [5.41, 5.74) is 0.0451. The van der Waals surface area contributed by atoms with Crippen LogP contribution in [0.1, 0.15) is 45.2 Å².